The Kier molecular flexibility index (Phi) is 4.42. The van der Waals surface area contributed by atoms with E-state index in [0.29, 0.717) is 0 Å². The molecule has 5 heteroatoms. The van der Waals surface area contributed by atoms with Crippen LogP contribution in [0.15, 0.2) is 24.3 Å². The average molecular weight is 293 g/mol. The highest BCUT2D eigenvalue weighted by molar-refractivity contribution is 5.47. The summed E-state index contributed by atoms with van der Waals surface area (Å²) in [6, 6.07) is 7.02. The molecule has 0 radical (unpaired) electrons. The normalized spacial score (nSPS) is 22.1. The van der Waals surface area contributed by atoms with Crippen LogP contribution in [-0.2, 0) is 4.74 Å². The second-order valence-electron chi connectivity index (χ2n) is 6.18. The fraction of sp³-hybridized carbons (Fsp3) is 0.625. The van der Waals surface area contributed by atoms with E-state index in [2.05, 4.69) is 22.0 Å². The van der Waals surface area contributed by atoms with Crippen molar-refractivity contribution in [2.24, 2.45) is 0 Å². The van der Waals surface area contributed by atoms with Gasteiger partial charge in [0.15, 0.2) is 0 Å². The second kappa shape index (κ2) is 6.30. The molecule has 2 fully saturated rings. The maximum Gasteiger partial charge on any atom is 0.146 e. The molecule has 4 nitrogen and oxygen atoms in total. The van der Waals surface area contributed by atoms with E-state index in [-0.39, 0.29) is 11.4 Å². The quantitative estimate of drug-likeness (QED) is 0.886. The van der Waals surface area contributed by atoms with Gasteiger partial charge in [-0.2, -0.15) is 0 Å². The van der Waals surface area contributed by atoms with Crippen molar-refractivity contribution in [3.05, 3.63) is 30.1 Å². The van der Waals surface area contributed by atoms with E-state index in [1.54, 1.807) is 6.07 Å². The SMILES string of the molecule is CC1(OCCN2CCN(c3ccccc3F)CC2)CNC1. The molecule has 1 aromatic rings. The summed E-state index contributed by atoms with van der Waals surface area (Å²) in [6.45, 7) is 9.47. The van der Waals surface area contributed by atoms with Gasteiger partial charge in [-0.15, -0.1) is 0 Å². The third-order valence-corrected chi connectivity index (χ3v) is 4.42. The monoisotopic (exact) mass is 293 g/mol. The minimum atomic E-state index is -0.125. The number of anilines is 1. The standard InChI is InChI=1S/C16H24FN3O/c1-16(12-18-13-16)21-11-10-19-6-8-20(9-7-19)15-5-3-2-4-14(15)17/h2-5,18H,6-13H2,1H3. The molecule has 21 heavy (non-hydrogen) atoms. The summed E-state index contributed by atoms with van der Waals surface area (Å²) in [5.41, 5.74) is 0.760. The van der Waals surface area contributed by atoms with Gasteiger partial charge >= 0.3 is 0 Å². The molecular formula is C16H24FN3O. The first-order chi connectivity index (χ1) is 10.2. The lowest BCUT2D eigenvalue weighted by molar-refractivity contribution is -0.0723. The third-order valence-electron chi connectivity index (χ3n) is 4.42. The Hall–Kier alpha value is -1.17. The molecule has 2 aliphatic heterocycles. The minimum absolute atomic E-state index is 0.0367. The molecule has 1 aromatic carbocycles. The number of halogens is 1. The summed E-state index contributed by atoms with van der Waals surface area (Å²) in [4.78, 5) is 4.52. The molecule has 0 unspecified atom stereocenters. The fourth-order valence-electron chi connectivity index (χ4n) is 2.92. The topological polar surface area (TPSA) is 27.7 Å². The summed E-state index contributed by atoms with van der Waals surface area (Å²) in [6.07, 6.45) is 0. The average Bonchev–Trinajstić information content (AvgIpc) is 2.47. The molecule has 3 rings (SSSR count). The lowest BCUT2D eigenvalue weighted by atomic mass is 10.0. The van der Waals surface area contributed by atoms with Crippen molar-refractivity contribution < 1.29 is 9.13 Å². The maximum absolute atomic E-state index is 13.8. The first-order valence-corrected chi connectivity index (χ1v) is 7.73. The van der Waals surface area contributed by atoms with Crippen molar-refractivity contribution in [3.63, 3.8) is 0 Å². The number of ether oxygens (including phenoxy) is 1. The van der Waals surface area contributed by atoms with Gasteiger partial charge in [0.1, 0.15) is 5.82 Å². The summed E-state index contributed by atoms with van der Waals surface area (Å²) >= 11 is 0. The summed E-state index contributed by atoms with van der Waals surface area (Å²) in [7, 11) is 0. The van der Waals surface area contributed by atoms with Crippen LogP contribution in [0.2, 0.25) is 0 Å². The number of para-hydroxylation sites is 1. The first kappa shape index (κ1) is 14.8. The molecule has 1 N–H and O–H groups in total. The summed E-state index contributed by atoms with van der Waals surface area (Å²) in [5, 5.41) is 3.24. The number of nitrogens with one attached hydrogen (secondary N) is 1. The van der Waals surface area contributed by atoms with Gasteiger partial charge in [-0.1, -0.05) is 12.1 Å². The van der Waals surface area contributed by atoms with Gasteiger partial charge in [-0.25, -0.2) is 4.39 Å². The summed E-state index contributed by atoms with van der Waals surface area (Å²) < 4.78 is 19.7. The van der Waals surface area contributed by atoms with Crippen LogP contribution < -0.4 is 10.2 Å². The molecule has 0 aromatic heterocycles. The van der Waals surface area contributed by atoms with E-state index in [1.807, 2.05) is 12.1 Å². The van der Waals surface area contributed by atoms with Crippen LogP contribution >= 0.6 is 0 Å². The zero-order valence-electron chi connectivity index (χ0n) is 12.6. The Balaban J connectivity index is 1.42. The highest BCUT2D eigenvalue weighted by atomic mass is 19.1. The molecule has 2 aliphatic rings. The third kappa shape index (κ3) is 3.54. The predicted octanol–water partition coefficient (Wildman–Crippen LogP) is 1.33. The zero-order valence-corrected chi connectivity index (χ0v) is 12.6. The fourth-order valence-corrected chi connectivity index (χ4v) is 2.92. The van der Waals surface area contributed by atoms with Crippen LogP contribution in [0.1, 0.15) is 6.92 Å². The lowest BCUT2D eigenvalue weighted by Gasteiger charge is -2.40. The Labute approximate surface area is 125 Å². The van der Waals surface area contributed by atoms with Gasteiger partial charge in [0.05, 0.1) is 17.9 Å². The first-order valence-electron chi connectivity index (χ1n) is 7.73. The van der Waals surface area contributed by atoms with Crippen LogP contribution in [0, 0.1) is 5.82 Å². The van der Waals surface area contributed by atoms with E-state index in [9.17, 15) is 4.39 Å². The van der Waals surface area contributed by atoms with Crippen LogP contribution in [0.5, 0.6) is 0 Å². The lowest BCUT2D eigenvalue weighted by Crippen LogP contribution is -2.59. The number of hydrogen-bond acceptors (Lipinski definition) is 4. The maximum atomic E-state index is 13.8. The molecule has 0 aliphatic carbocycles. The van der Waals surface area contributed by atoms with Crippen molar-refractivity contribution in [1.29, 1.82) is 0 Å². The second-order valence-corrected chi connectivity index (χ2v) is 6.18. The number of piperazine rings is 1. The number of rotatable bonds is 5. The molecule has 0 amide bonds. The molecule has 0 atom stereocenters. The molecule has 2 heterocycles. The van der Waals surface area contributed by atoms with E-state index in [1.165, 1.54) is 6.07 Å². The van der Waals surface area contributed by atoms with E-state index in [4.69, 9.17) is 4.74 Å². The van der Waals surface area contributed by atoms with E-state index in [0.717, 1.165) is 58.1 Å². The smallest absolute Gasteiger partial charge is 0.146 e. The van der Waals surface area contributed by atoms with Crippen molar-refractivity contribution in [2.75, 3.05) is 57.3 Å². The molecular weight excluding hydrogens is 269 g/mol. The predicted molar refractivity (Wildman–Crippen MR) is 82.3 cm³/mol. The van der Waals surface area contributed by atoms with Crippen molar-refractivity contribution >= 4 is 5.69 Å². The highest BCUT2D eigenvalue weighted by Gasteiger charge is 2.32. The molecule has 2 saturated heterocycles. The van der Waals surface area contributed by atoms with E-state index < -0.39 is 0 Å². The van der Waals surface area contributed by atoms with Gasteiger partial charge in [0.2, 0.25) is 0 Å². The number of hydrogen-bond donors (Lipinski definition) is 1. The van der Waals surface area contributed by atoms with Gasteiger partial charge < -0.3 is 15.0 Å². The van der Waals surface area contributed by atoms with Crippen LogP contribution in [0.4, 0.5) is 10.1 Å². The molecule has 0 bridgehead atoms. The Bertz CT molecular complexity index is 470. The van der Waals surface area contributed by atoms with Crippen LogP contribution in [0.3, 0.4) is 0 Å². The Morgan fingerprint density at radius 3 is 2.52 bits per heavy atom. The number of benzene rings is 1. The van der Waals surface area contributed by atoms with Crippen LogP contribution in [0.25, 0.3) is 0 Å². The minimum Gasteiger partial charge on any atom is -0.371 e. The van der Waals surface area contributed by atoms with E-state index >= 15 is 0 Å². The number of nitrogens with zero attached hydrogens (tertiary/aromatic N) is 2. The Morgan fingerprint density at radius 1 is 1.19 bits per heavy atom. The van der Waals surface area contributed by atoms with Gasteiger partial charge in [0, 0.05) is 45.8 Å². The molecule has 0 saturated carbocycles. The molecule has 116 valence electrons. The zero-order chi connectivity index (χ0) is 14.7. The highest BCUT2D eigenvalue weighted by Crippen LogP contribution is 2.20. The Morgan fingerprint density at radius 2 is 1.90 bits per heavy atom. The van der Waals surface area contributed by atoms with Crippen molar-refractivity contribution in [2.45, 2.75) is 12.5 Å². The molecule has 0 spiro atoms. The van der Waals surface area contributed by atoms with Gasteiger partial charge in [0.25, 0.3) is 0 Å². The van der Waals surface area contributed by atoms with Crippen LogP contribution in [-0.4, -0.2) is 62.9 Å². The largest absolute Gasteiger partial charge is 0.371 e. The summed E-state index contributed by atoms with van der Waals surface area (Å²) in [5.74, 6) is -0.125. The van der Waals surface area contributed by atoms with Crippen molar-refractivity contribution in [1.82, 2.24) is 10.2 Å². The van der Waals surface area contributed by atoms with Crippen molar-refractivity contribution in [3.8, 4) is 0 Å². The van der Waals surface area contributed by atoms with Gasteiger partial charge in [-0.3, -0.25) is 4.90 Å². The van der Waals surface area contributed by atoms with Gasteiger partial charge in [-0.05, 0) is 19.1 Å².